The van der Waals surface area contributed by atoms with E-state index in [0.717, 1.165) is 16.7 Å². The normalized spacial score (nSPS) is 10.3. The van der Waals surface area contributed by atoms with E-state index in [4.69, 9.17) is 0 Å². The average molecular weight is 331 g/mol. The Hall–Kier alpha value is -3.34. The van der Waals surface area contributed by atoms with Crippen molar-refractivity contribution in [2.45, 2.75) is 13.3 Å². The average Bonchev–Trinajstić information content (AvgIpc) is 2.62. The van der Waals surface area contributed by atoms with E-state index in [2.05, 4.69) is 15.3 Å². The predicted octanol–water partition coefficient (Wildman–Crippen LogP) is 3.53. The molecule has 1 amide bonds. The van der Waals surface area contributed by atoms with Gasteiger partial charge in [0.1, 0.15) is 5.82 Å². The summed E-state index contributed by atoms with van der Waals surface area (Å²) in [4.78, 5) is 31.9. The zero-order valence-electron chi connectivity index (χ0n) is 13.8. The number of hydrogen-bond acceptors (Lipinski definition) is 4. The predicted molar refractivity (Wildman–Crippen MR) is 96.2 cm³/mol. The summed E-state index contributed by atoms with van der Waals surface area (Å²) in [5, 5.41) is 2.66. The number of ketones is 1. The van der Waals surface area contributed by atoms with Gasteiger partial charge in [-0.25, -0.2) is 4.98 Å². The lowest BCUT2D eigenvalue weighted by atomic mass is 10.0. The lowest BCUT2D eigenvalue weighted by Gasteiger charge is -2.07. The van der Waals surface area contributed by atoms with E-state index in [1.54, 1.807) is 24.7 Å². The highest BCUT2D eigenvalue weighted by Gasteiger charge is 2.09. The lowest BCUT2D eigenvalue weighted by Crippen LogP contribution is -2.07. The van der Waals surface area contributed by atoms with Crippen LogP contribution in [0.1, 0.15) is 22.8 Å². The number of rotatable bonds is 5. The van der Waals surface area contributed by atoms with Gasteiger partial charge in [-0.05, 0) is 29.3 Å². The highest BCUT2D eigenvalue weighted by Crippen LogP contribution is 2.22. The highest BCUT2D eigenvalue weighted by molar-refractivity contribution is 5.97. The molecule has 0 bridgehead atoms. The Kier molecular flexibility index (Phi) is 4.95. The second-order valence-electron chi connectivity index (χ2n) is 5.66. The minimum absolute atomic E-state index is 0.0493. The van der Waals surface area contributed by atoms with Gasteiger partial charge in [-0.1, -0.05) is 30.3 Å². The fourth-order valence-electron chi connectivity index (χ4n) is 2.51. The zero-order valence-corrected chi connectivity index (χ0v) is 13.8. The summed E-state index contributed by atoms with van der Waals surface area (Å²) in [5.41, 5.74) is 3.27. The molecule has 3 aromatic rings. The van der Waals surface area contributed by atoms with Crippen LogP contribution >= 0.6 is 0 Å². The zero-order chi connectivity index (χ0) is 17.6. The Morgan fingerprint density at radius 3 is 2.56 bits per heavy atom. The van der Waals surface area contributed by atoms with Crippen LogP contribution in [0.15, 0.2) is 67.1 Å². The van der Waals surface area contributed by atoms with E-state index in [0.29, 0.717) is 11.4 Å². The van der Waals surface area contributed by atoms with Crippen LogP contribution in [0.25, 0.3) is 11.1 Å². The van der Waals surface area contributed by atoms with E-state index < -0.39 is 0 Å². The highest BCUT2D eigenvalue weighted by atomic mass is 16.1. The number of Topliss-reactive ketones (excluding diaryl/α,β-unsaturated/α-hetero) is 1. The van der Waals surface area contributed by atoms with Gasteiger partial charge in [0.15, 0.2) is 5.78 Å². The molecule has 1 N–H and O–H groups in total. The molecule has 0 unspecified atom stereocenters. The number of nitrogens with zero attached hydrogens (tertiary/aromatic N) is 2. The summed E-state index contributed by atoms with van der Waals surface area (Å²) in [6.07, 6.45) is 5.33. The molecule has 0 aliphatic carbocycles. The van der Waals surface area contributed by atoms with Gasteiger partial charge in [-0.3, -0.25) is 14.6 Å². The summed E-state index contributed by atoms with van der Waals surface area (Å²) >= 11 is 0. The van der Waals surface area contributed by atoms with Crippen molar-refractivity contribution in [3.8, 4) is 11.1 Å². The molecular formula is C20H17N3O2. The number of hydrogen-bond donors (Lipinski definition) is 1. The first-order chi connectivity index (χ1) is 12.1. The van der Waals surface area contributed by atoms with Crippen LogP contribution in [0.2, 0.25) is 0 Å². The van der Waals surface area contributed by atoms with Crippen molar-refractivity contribution in [3.63, 3.8) is 0 Å². The Morgan fingerprint density at radius 1 is 1.00 bits per heavy atom. The second-order valence-corrected chi connectivity index (χ2v) is 5.66. The number of pyridine rings is 2. The molecule has 0 aliphatic heterocycles. The first-order valence-electron chi connectivity index (χ1n) is 7.88. The molecular weight excluding hydrogens is 314 g/mol. The largest absolute Gasteiger partial charge is 0.311 e. The monoisotopic (exact) mass is 331 g/mol. The number of carbonyl (C=O) groups is 2. The van der Waals surface area contributed by atoms with E-state index in [1.807, 2.05) is 42.5 Å². The summed E-state index contributed by atoms with van der Waals surface area (Å²) in [6, 6.07) is 14.7. The molecule has 0 saturated heterocycles. The van der Waals surface area contributed by atoms with Crippen molar-refractivity contribution in [3.05, 3.63) is 78.2 Å². The van der Waals surface area contributed by atoms with Gasteiger partial charge in [0.2, 0.25) is 5.91 Å². The molecule has 0 atom stereocenters. The third kappa shape index (κ3) is 4.35. The number of aromatic nitrogens is 2. The first-order valence-corrected chi connectivity index (χ1v) is 7.88. The Morgan fingerprint density at radius 2 is 1.80 bits per heavy atom. The van der Waals surface area contributed by atoms with Gasteiger partial charge in [-0.2, -0.15) is 0 Å². The summed E-state index contributed by atoms with van der Waals surface area (Å²) in [7, 11) is 0. The van der Waals surface area contributed by atoms with Crippen LogP contribution in [-0.2, 0) is 11.2 Å². The number of carbonyl (C=O) groups excluding carboxylic acids is 2. The molecule has 2 heterocycles. The van der Waals surface area contributed by atoms with Gasteiger partial charge < -0.3 is 5.32 Å². The van der Waals surface area contributed by atoms with E-state index >= 15 is 0 Å². The molecule has 25 heavy (non-hydrogen) atoms. The first kappa shape index (κ1) is 16.5. The number of amides is 1. The number of benzene rings is 1. The second kappa shape index (κ2) is 7.49. The molecule has 124 valence electrons. The molecule has 0 fully saturated rings. The van der Waals surface area contributed by atoms with Crippen molar-refractivity contribution in [2.24, 2.45) is 0 Å². The van der Waals surface area contributed by atoms with Crippen LogP contribution in [-0.4, -0.2) is 21.7 Å². The van der Waals surface area contributed by atoms with Gasteiger partial charge in [0.25, 0.3) is 0 Å². The standard InChI is InChI=1S/C20H17N3O2/c1-14(24)23-20-11-17(7-8-22-20)18-9-15(12-21-13-18)10-19(25)16-5-3-2-4-6-16/h2-9,11-13H,10H2,1H3,(H,22,23,24). The molecule has 0 radical (unpaired) electrons. The topological polar surface area (TPSA) is 72.0 Å². The molecule has 5 heteroatoms. The van der Waals surface area contributed by atoms with Crippen molar-refractivity contribution in [1.29, 1.82) is 0 Å². The summed E-state index contributed by atoms with van der Waals surface area (Å²) in [6.45, 7) is 1.44. The van der Waals surface area contributed by atoms with E-state index in [9.17, 15) is 9.59 Å². The van der Waals surface area contributed by atoms with Crippen molar-refractivity contribution < 1.29 is 9.59 Å². The molecule has 0 saturated carbocycles. The van der Waals surface area contributed by atoms with Crippen molar-refractivity contribution in [1.82, 2.24) is 9.97 Å². The maximum Gasteiger partial charge on any atom is 0.222 e. The van der Waals surface area contributed by atoms with Crippen LogP contribution in [0.4, 0.5) is 5.82 Å². The fraction of sp³-hybridized carbons (Fsp3) is 0.100. The maximum absolute atomic E-state index is 12.4. The van der Waals surface area contributed by atoms with Crippen LogP contribution < -0.4 is 5.32 Å². The van der Waals surface area contributed by atoms with Crippen LogP contribution in [0, 0.1) is 0 Å². The minimum Gasteiger partial charge on any atom is -0.311 e. The maximum atomic E-state index is 12.4. The molecule has 3 rings (SSSR count). The quantitative estimate of drug-likeness (QED) is 0.726. The van der Waals surface area contributed by atoms with Crippen molar-refractivity contribution in [2.75, 3.05) is 5.32 Å². The fourth-order valence-corrected chi connectivity index (χ4v) is 2.51. The minimum atomic E-state index is -0.176. The molecule has 2 aromatic heterocycles. The Bertz CT molecular complexity index is 908. The third-order valence-electron chi connectivity index (χ3n) is 3.65. The third-order valence-corrected chi connectivity index (χ3v) is 3.65. The Balaban J connectivity index is 1.82. The smallest absolute Gasteiger partial charge is 0.222 e. The van der Waals surface area contributed by atoms with Crippen LogP contribution in [0.3, 0.4) is 0 Å². The molecule has 0 spiro atoms. The molecule has 5 nitrogen and oxygen atoms in total. The summed E-state index contributed by atoms with van der Waals surface area (Å²) < 4.78 is 0. The summed E-state index contributed by atoms with van der Waals surface area (Å²) in [5.74, 6) is 0.356. The molecule has 0 aliphatic rings. The van der Waals surface area contributed by atoms with Gasteiger partial charge in [0.05, 0.1) is 0 Å². The Labute approximate surface area is 145 Å². The molecule has 1 aromatic carbocycles. The van der Waals surface area contributed by atoms with Crippen LogP contribution in [0.5, 0.6) is 0 Å². The van der Waals surface area contributed by atoms with E-state index in [-0.39, 0.29) is 18.1 Å². The lowest BCUT2D eigenvalue weighted by molar-refractivity contribution is -0.114. The number of nitrogens with one attached hydrogen (secondary N) is 1. The van der Waals surface area contributed by atoms with E-state index in [1.165, 1.54) is 6.92 Å². The number of anilines is 1. The van der Waals surface area contributed by atoms with Crippen molar-refractivity contribution >= 4 is 17.5 Å². The van der Waals surface area contributed by atoms with Gasteiger partial charge in [0, 0.05) is 43.1 Å². The van der Waals surface area contributed by atoms with Gasteiger partial charge in [-0.15, -0.1) is 0 Å². The van der Waals surface area contributed by atoms with Gasteiger partial charge >= 0.3 is 0 Å². The SMILES string of the molecule is CC(=O)Nc1cc(-c2cncc(CC(=O)c3ccccc3)c2)ccn1.